The van der Waals surface area contributed by atoms with Gasteiger partial charge in [0, 0.05) is 16.3 Å². The maximum atomic E-state index is 12.1. The van der Waals surface area contributed by atoms with Crippen molar-refractivity contribution in [1.29, 1.82) is 0 Å². The highest BCUT2D eigenvalue weighted by atomic mass is 35.5. The van der Waals surface area contributed by atoms with Crippen LogP contribution in [0.15, 0.2) is 71.8 Å². The van der Waals surface area contributed by atoms with E-state index in [0.29, 0.717) is 23.1 Å². The predicted molar refractivity (Wildman–Crippen MR) is 123 cm³/mol. The van der Waals surface area contributed by atoms with Crippen molar-refractivity contribution in [3.05, 3.63) is 94.0 Å². The van der Waals surface area contributed by atoms with E-state index in [1.54, 1.807) is 30.3 Å². The number of anilines is 1. The Hall–Kier alpha value is -3.64. The summed E-state index contributed by atoms with van der Waals surface area (Å²) in [6, 6.07) is 20.2. The van der Waals surface area contributed by atoms with E-state index in [-0.39, 0.29) is 0 Å². The van der Waals surface area contributed by atoms with Crippen LogP contribution in [0.1, 0.15) is 22.3 Å². The highest BCUT2D eigenvalue weighted by Gasteiger charge is 2.14. The minimum atomic E-state index is -0.850. The number of carbonyl (C=O) groups excluding carboxylic acids is 2. The van der Waals surface area contributed by atoms with Crippen LogP contribution < -0.4 is 15.5 Å². The molecule has 0 atom stereocenters. The molecule has 0 radical (unpaired) electrons. The lowest BCUT2D eigenvalue weighted by Gasteiger charge is -2.08. The van der Waals surface area contributed by atoms with E-state index in [2.05, 4.69) is 15.8 Å². The normalized spacial score (nSPS) is 10.7. The van der Waals surface area contributed by atoms with Crippen LogP contribution in [0.25, 0.3) is 0 Å². The molecular formula is C24H22ClN3O3. The summed E-state index contributed by atoms with van der Waals surface area (Å²) < 4.78 is 5.73. The monoisotopic (exact) mass is 435 g/mol. The van der Waals surface area contributed by atoms with Gasteiger partial charge in [-0.3, -0.25) is 9.59 Å². The summed E-state index contributed by atoms with van der Waals surface area (Å²) in [6.45, 7) is 4.12. The van der Waals surface area contributed by atoms with Gasteiger partial charge in [-0.05, 0) is 66.9 Å². The Bertz CT molecular complexity index is 1110. The molecule has 0 aliphatic rings. The van der Waals surface area contributed by atoms with Crippen LogP contribution in [-0.2, 0) is 16.2 Å². The van der Waals surface area contributed by atoms with E-state index >= 15 is 0 Å². The van der Waals surface area contributed by atoms with Crippen molar-refractivity contribution in [2.75, 3.05) is 5.32 Å². The molecule has 0 aliphatic carbocycles. The lowest BCUT2D eigenvalue weighted by molar-refractivity contribution is -0.136. The van der Waals surface area contributed by atoms with Gasteiger partial charge in [-0.15, -0.1) is 0 Å². The molecule has 2 amide bonds. The minimum absolute atomic E-state index is 0.360. The summed E-state index contributed by atoms with van der Waals surface area (Å²) in [6.07, 6.45) is 1.45. The van der Waals surface area contributed by atoms with Crippen LogP contribution in [0.4, 0.5) is 5.69 Å². The summed E-state index contributed by atoms with van der Waals surface area (Å²) in [5.74, 6) is -0.958. The first kappa shape index (κ1) is 22.1. The molecule has 0 aliphatic heterocycles. The molecule has 0 heterocycles. The van der Waals surface area contributed by atoms with Gasteiger partial charge in [-0.25, -0.2) is 5.43 Å². The minimum Gasteiger partial charge on any atom is -0.489 e. The fourth-order valence-corrected chi connectivity index (χ4v) is 2.88. The van der Waals surface area contributed by atoms with E-state index in [9.17, 15) is 9.59 Å². The van der Waals surface area contributed by atoms with Gasteiger partial charge in [0.2, 0.25) is 0 Å². The number of hydrazone groups is 1. The summed E-state index contributed by atoms with van der Waals surface area (Å²) in [5, 5.41) is 7.08. The zero-order valence-electron chi connectivity index (χ0n) is 17.2. The smallest absolute Gasteiger partial charge is 0.329 e. The Morgan fingerprint density at radius 3 is 2.48 bits per heavy atom. The Labute approximate surface area is 185 Å². The van der Waals surface area contributed by atoms with Gasteiger partial charge in [0.05, 0.1) is 6.21 Å². The number of benzene rings is 3. The fourth-order valence-electron chi connectivity index (χ4n) is 2.69. The summed E-state index contributed by atoms with van der Waals surface area (Å²) in [5.41, 5.74) is 6.31. The number of carbonyl (C=O) groups is 2. The largest absolute Gasteiger partial charge is 0.489 e. The first-order valence-corrected chi connectivity index (χ1v) is 9.98. The van der Waals surface area contributed by atoms with Crippen molar-refractivity contribution in [3.63, 3.8) is 0 Å². The van der Waals surface area contributed by atoms with Crippen LogP contribution >= 0.6 is 11.6 Å². The zero-order valence-corrected chi connectivity index (χ0v) is 17.9. The van der Waals surface area contributed by atoms with Crippen molar-refractivity contribution in [3.8, 4) is 5.75 Å². The average Bonchev–Trinajstić information content (AvgIpc) is 2.76. The number of rotatable bonds is 6. The molecule has 0 saturated carbocycles. The number of hydrogen-bond acceptors (Lipinski definition) is 4. The molecule has 0 aromatic heterocycles. The molecule has 31 heavy (non-hydrogen) atoms. The van der Waals surface area contributed by atoms with Gasteiger partial charge < -0.3 is 10.1 Å². The van der Waals surface area contributed by atoms with E-state index in [4.69, 9.17) is 16.3 Å². The Morgan fingerprint density at radius 2 is 1.74 bits per heavy atom. The Morgan fingerprint density at radius 1 is 1.00 bits per heavy atom. The Kier molecular flexibility index (Phi) is 7.40. The van der Waals surface area contributed by atoms with Gasteiger partial charge in [-0.2, -0.15) is 5.10 Å². The molecule has 7 heteroatoms. The first-order chi connectivity index (χ1) is 14.9. The van der Waals surface area contributed by atoms with Crippen molar-refractivity contribution in [1.82, 2.24) is 5.43 Å². The number of ether oxygens (including phenoxy) is 1. The second-order valence-electron chi connectivity index (χ2n) is 6.92. The van der Waals surface area contributed by atoms with Crippen LogP contribution in [0.2, 0.25) is 5.02 Å². The van der Waals surface area contributed by atoms with Gasteiger partial charge in [0.1, 0.15) is 12.4 Å². The summed E-state index contributed by atoms with van der Waals surface area (Å²) >= 11 is 6.12. The number of halogens is 1. The molecule has 2 N–H and O–H groups in total. The second-order valence-corrected chi connectivity index (χ2v) is 7.33. The maximum absolute atomic E-state index is 12.1. The molecule has 3 aromatic rings. The van der Waals surface area contributed by atoms with Crippen molar-refractivity contribution in [2.24, 2.45) is 5.10 Å². The van der Waals surface area contributed by atoms with Crippen LogP contribution in [-0.4, -0.2) is 18.0 Å². The molecule has 0 spiro atoms. The number of aryl methyl sites for hydroxylation is 2. The van der Waals surface area contributed by atoms with Gasteiger partial charge in [0.15, 0.2) is 0 Å². The molecule has 3 aromatic carbocycles. The molecule has 158 valence electrons. The molecule has 6 nitrogen and oxygen atoms in total. The van der Waals surface area contributed by atoms with Gasteiger partial charge in [-0.1, -0.05) is 41.9 Å². The topological polar surface area (TPSA) is 79.8 Å². The number of amides is 2. The van der Waals surface area contributed by atoms with E-state index in [0.717, 1.165) is 22.3 Å². The van der Waals surface area contributed by atoms with E-state index < -0.39 is 11.8 Å². The molecule has 3 rings (SSSR count). The molecule has 0 unspecified atom stereocenters. The molecule has 0 fully saturated rings. The third kappa shape index (κ3) is 6.42. The third-order valence-electron chi connectivity index (χ3n) is 4.46. The lowest BCUT2D eigenvalue weighted by atomic mass is 10.1. The zero-order chi connectivity index (χ0) is 22.2. The second kappa shape index (κ2) is 10.4. The van der Waals surface area contributed by atoms with Crippen LogP contribution in [0.3, 0.4) is 0 Å². The summed E-state index contributed by atoms with van der Waals surface area (Å²) in [7, 11) is 0. The standard InChI is InChI=1S/C24H22ClN3O3/c1-16-7-8-17(2)22(13-16)27-23(29)24(30)28-26-14-18-9-11-20(12-10-18)31-15-19-5-3-4-6-21(19)25/h3-14H,15H2,1-2H3,(H,27,29)(H,28,30)/b26-14+. The van der Waals surface area contributed by atoms with E-state index in [1.807, 2.05) is 50.2 Å². The number of nitrogens with zero attached hydrogens (tertiary/aromatic N) is 1. The predicted octanol–water partition coefficient (Wildman–Crippen LogP) is 4.62. The van der Waals surface area contributed by atoms with Crippen molar-refractivity contribution >= 4 is 35.3 Å². The fraction of sp³-hybridized carbons (Fsp3) is 0.125. The lowest BCUT2D eigenvalue weighted by Crippen LogP contribution is -2.32. The van der Waals surface area contributed by atoms with Crippen LogP contribution in [0.5, 0.6) is 5.75 Å². The SMILES string of the molecule is Cc1ccc(C)c(NC(=O)C(=O)N/N=C/c2ccc(OCc3ccccc3Cl)cc2)c1. The van der Waals surface area contributed by atoms with Gasteiger partial charge in [0.25, 0.3) is 0 Å². The highest BCUT2D eigenvalue weighted by Crippen LogP contribution is 2.19. The average molecular weight is 436 g/mol. The van der Waals surface area contributed by atoms with Crippen molar-refractivity contribution < 1.29 is 14.3 Å². The summed E-state index contributed by atoms with van der Waals surface area (Å²) in [4.78, 5) is 24.0. The van der Waals surface area contributed by atoms with Crippen LogP contribution in [0, 0.1) is 13.8 Å². The number of hydrogen-bond donors (Lipinski definition) is 2. The van der Waals surface area contributed by atoms with E-state index in [1.165, 1.54) is 6.21 Å². The van der Waals surface area contributed by atoms with Crippen molar-refractivity contribution in [2.45, 2.75) is 20.5 Å². The molecular weight excluding hydrogens is 414 g/mol. The highest BCUT2D eigenvalue weighted by molar-refractivity contribution is 6.39. The number of nitrogens with one attached hydrogen (secondary N) is 2. The maximum Gasteiger partial charge on any atom is 0.329 e. The van der Waals surface area contributed by atoms with Gasteiger partial charge >= 0.3 is 11.8 Å². The first-order valence-electron chi connectivity index (χ1n) is 9.60. The molecule has 0 saturated heterocycles. The Balaban J connectivity index is 1.50. The molecule has 0 bridgehead atoms. The third-order valence-corrected chi connectivity index (χ3v) is 4.83. The quantitative estimate of drug-likeness (QED) is 0.336.